The lowest BCUT2D eigenvalue weighted by Gasteiger charge is -2.13. The lowest BCUT2D eigenvalue weighted by atomic mass is 9.93. The summed E-state index contributed by atoms with van der Waals surface area (Å²) in [6, 6.07) is 12.9. The van der Waals surface area contributed by atoms with Gasteiger partial charge in [0.05, 0.1) is 17.6 Å². The van der Waals surface area contributed by atoms with E-state index in [9.17, 15) is 4.79 Å². The van der Waals surface area contributed by atoms with Gasteiger partial charge in [-0.25, -0.2) is 9.50 Å². The van der Waals surface area contributed by atoms with Crippen LogP contribution in [-0.4, -0.2) is 30.7 Å². The van der Waals surface area contributed by atoms with Gasteiger partial charge in [0, 0.05) is 17.3 Å². The Morgan fingerprint density at radius 1 is 1.07 bits per heavy atom. The minimum Gasteiger partial charge on any atom is -0.321 e. The lowest BCUT2D eigenvalue weighted by molar-refractivity contribution is 0.102. The first-order valence-corrected chi connectivity index (χ1v) is 8.68. The Hall–Kier alpha value is -3.48. The molecule has 0 saturated carbocycles. The molecule has 0 unspecified atom stereocenters. The molecule has 27 heavy (non-hydrogen) atoms. The Labute approximate surface area is 156 Å². The molecule has 0 aliphatic carbocycles. The van der Waals surface area contributed by atoms with Crippen molar-refractivity contribution in [1.82, 2.24) is 24.8 Å². The van der Waals surface area contributed by atoms with Gasteiger partial charge in [-0.1, -0.05) is 32.9 Å². The Bertz CT molecular complexity index is 1090. The molecule has 0 aliphatic heterocycles. The number of imidazole rings is 1. The quantitative estimate of drug-likeness (QED) is 0.583. The van der Waals surface area contributed by atoms with E-state index >= 15 is 0 Å². The zero-order valence-corrected chi connectivity index (χ0v) is 15.4. The highest BCUT2D eigenvalue weighted by molar-refractivity contribution is 6.02. The highest BCUT2D eigenvalue weighted by atomic mass is 16.1. The third-order valence-electron chi connectivity index (χ3n) is 4.28. The minimum atomic E-state index is -0.266. The Kier molecular flexibility index (Phi) is 3.99. The van der Waals surface area contributed by atoms with Gasteiger partial charge in [0.2, 0.25) is 0 Å². The molecule has 0 bridgehead atoms. The minimum absolute atomic E-state index is 0.0769. The van der Waals surface area contributed by atoms with E-state index in [0.29, 0.717) is 11.4 Å². The van der Waals surface area contributed by atoms with Crippen molar-refractivity contribution in [2.75, 3.05) is 5.32 Å². The molecule has 0 spiro atoms. The molecule has 3 heterocycles. The molecule has 0 aliphatic rings. The maximum Gasteiger partial charge on any atom is 0.276 e. The van der Waals surface area contributed by atoms with Crippen molar-refractivity contribution in [1.29, 1.82) is 0 Å². The number of amides is 1. The molecule has 4 rings (SSSR count). The predicted molar refractivity (Wildman–Crippen MR) is 104 cm³/mol. The van der Waals surface area contributed by atoms with Crippen molar-refractivity contribution < 1.29 is 4.79 Å². The third-order valence-corrected chi connectivity index (χ3v) is 4.28. The number of anilines is 1. The molecule has 1 aromatic carbocycles. The number of benzene rings is 1. The van der Waals surface area contributed by atoms with Crippen LogP contribution >= 0.6 is 0 Å². The maximum absolute atomic E-state index is 12.6. The summed E-state index contributed by atoms with van der Waals surface area (Å²) in [6.07, 6.45) is 3.57. The highest BCUT2D eigenvalue weighted by Crippen LogP contribution is 2.22. The second kappa shape index (κ2) is 6.35. The molecule has 136 valence electrons. The summed E-state index contributed by atoms with van der Waals surface area (Å²) in [4.78, 5) is 17.1. The van der Waals surface area contributed by atoms with Gasteiger partial charge in [-0.3, -0.25) is 9.89 Å². The Balaban J connectivity index is 1.54. The van der Waals surface area contributed by atoms with Crippen LogP contribution in [0.5, 0.6) is 0 Å². The van der Waals surface area contributed by atoms with Gasteiger partial charge in [-0.2, -0.15) is 10.2 Å². The fourth-order valence-electron chi connectivity index (χ4n) is 2.71. The second-order valence-corrected chi connectivity index (χ2v) is 7.40. The van der Waals surface area contributed by atoms with E-state index in [1.165, 1.54) is 0 Å². The van der Waals surface area contributed by atoms with Crippen molar-refractivity contribution in [2.45, 2.75) is 26.2 Å². The molecule has 0 saturated heterocycles. The number of hydrogen-bond acceptors (Lipinski definition) is 4. The average molecular weight is 360 g/mol. The van der Waals surface area contributed by atoms with E-state index < -0.39 is 0 Å². The second-order valence-electron chi connectivity index (χ2n) is 7.40. The first-order valence-electron chi connectivity index (χ1n) is 8.68. The van der Waals surface area contributed by atoms with Crippen LogP contribution in [0.3, 0.4) is 0 Å². The number of carbonyl (C=O) groups excluding carboxylic acids is 1. The van der Waals surface area contributed by atoms with Crippen LogP contribution in [-0.2, 0) is 5.41 Å². The van der Waals surface area contributed by atoms with Crippen molar-refractivity contribution in [2.24, 2.45) is 0 Å². The van der Waals surface area contributed by atoms with Crippen LogP contribution < -0.4 is 5.32 Å². The fourth-order valence-corrected chi connectivity index (χ4v) is 2.71. The van der Waals surface area contributed by atoms with E-state index in [4.69, 9.17) is 0 Å². The molecule has 0 radical (unpaired) electrons. The summed E-state index contributed by atoms with van der Waals surface area (Å²) in [7, 11) is 0. The van der Waals surface area contributed by atoms with E-state index in [1.54, 1.807) is 22.8 Å². The molecule has 0 atom stereocenters. The van der Waals surface area contributed by atoms with Crippen molar-refractivity contribution in [3.8, 4) is 11.3 Å². The van der Waals surface area contributed by atoms with E-state index in [-0.39, 0.29) is 11.3 Å². The number of aromatic nitrogens is 5. The average Bonchev–Trinajstić information content (AvgIpc) is 3.31. The van der Waals surface area contributed by atoms with Crippen LogP contribution in [0.1, 0.15) is 37.0 Å². The first kappa shape index (κ1) is 17.0. The molecule has 3 aromatic heterocycles. The van der Waals surface area contributed by atoms with E-state index in [2.05, 4.69) is 46.4 Å². The fraction of sp³-hybridized carbons (Fsp3) is 0.200. The van der Waals surface area contributed by atoms with Crippen molar-refractivity contribution >= 4 is 17.2 Å². The standard InChI is InChI=1S/C20H20N6O/c1-20(2,3)17-12-26-18(23-17)9-8-16(25-26)19(27)22-14-6-4-13(5-7-14)15-10-11-21-24-15/h4-12H,1-3H3,(H,21,24)(H,22,27). The molecule has 7 nitrogen and oxygen atoms in total. The van der Waals surface area contributed by atoms with Crippen molar-refractivity contribution in [3.05, 3.63) is 66.2 Å². The van der Waals surface area contributed by atoms with Gasteiger partial charge in [-0.15, -0.1) is 0 Å². The zero-order valence-electron chi connectivity index (χ0n) is 15.4. The number of aromatic amines is 1. The molecule has 0 fully saturated rings. The van der Waals surface area contributed by atoms with Gasteiger partial charge in [0.1, 0.15) is 5.69 Å². The van der Waals surface area contributed by atoms with Crippen molar-refractivity contribution in [3.63, 3.8) is 0 Å². The number of fused-ring (bicyclic) bond motifs is 1. The smallest absolute Gasteiger partial charge is 0.276 e. The van der Waals surface area contributed by atoms with Gasteiger partial charge in [0.15, 0.2) is 5.65 Å². The SMILES string of the molecule is CC(C)(C)c1cn2nc(C(=O)Nc3ccc(-c4ccn[nH]4)cc3)ccc2n1. The van der Waals surface area contributed by atoms with Gasteiger partial charge < -0.3 is 5.32 Å². The van der Waals surface area contributed by atoms with E-state index in [0.717, 1.165) is 22.6 Å². The molecule has 7 heteroatoms. The number of hydrogen-bond donors (Lipinski definition) is 2. The highest BCUT2D eigenvalue weighted by Gasteiger charge is 2.18. The van der Waals surface area contributed by atoms with Crippen LogP contribution in [0.25, 0.3) is 16.9 Å². The maximum atomic E-state index is 12.6. The normalized spacial score (nSPS) is 11.7. The van der Waals surface area contributed by atoms with Crippen LogP contribution in [0.4, 0.5) is 5.69 Å². The summed E-state index contributed by atoms with van der Waals surface area (Å²) in [5.41, 5.74) is 4.53. The summed E-state index contributed by atoms with van der Waals surface area (Å²) in [5, 5.41) is 14.1. The lowest BCUT2D eigenvalue weighted by Crippen LogP contribution is -2.15. The van der Waals surface area contributed by atoms with Gasteiger partial charge in [-0.05, 0) is 35.9 Å². The Morgan fingerprint density at radius 3 is 2.52 bits per heavy atom. The topological polar surface area (TPSA) is 88.0 Å². The summed E-state index contributed by atoms with van der Waals surface area (Å²) in [6.45, 7) is 6.28. The van der Waals surface area contributed by atoms with Crippen LogP contribution in [0.15, 0.2) is 54.9 Å². The monoisotopic (exact) mass is 360 g/mol. The number of nitrogens with zero attached hydrogens (tertiary/aromatic N) is 4. The molecule has 2 N–H and O–H groups in total. The molecule has 4 aromatic rings. The first-order chi connectivity index (χ1) is 12.9. The van der Waals surface area contributed by atoms with Crippen LogP contribution in [0, 0.1) is 0 Å². The third kappa shape index (κ3) is 3.44. The predicted octanol–water partition coefficient (Wildman–Crippen LogP) is 3.67. The van der Waals surface area contributed by atoms with Gasteiger partial charge in [0.25, 0.3) is 5.91 Å². The van der Waals surface area contributed by atoms with Gasteiger partial charge >= 0.3 is 0 Å². The molecule has 1 amide bonds. The van der Waals surface area contributed by atoms with E-state index in [1.807, 2.05) is 36.5 Å². The summed E-state index contributed by atoms with van der Waals surface area (Å²) < 4.78 is 1.65. The number of H-pyrrole nitrogens is 1. The largest absolute Gasteiger partial charge is 0.321 e. The molecular weight excluding hydrogens is 340 g/mol. The number of rotatable bonds is 3. The Morgan fingerprint density at radius 2 is 1.85 bits per heavy atom. The van der Waals surface area contributed by atoms with Crippen LogP contribution in [0.2, 0.25) is 0 Å². The summed E-state index contributed by atoms with van der Waals surface area (Å²) in [5.74, 6) is -0.266. The number of nitrogens with one attached hydrogen (secondary N) is 2. The zero-order chi connectivity index (χ0) is 19.0. The number of carbonyl (C=O) groups is 1. The molecular formula is C20H20N6O. The summed E-state index contributed by atoms with van der Waals surface area (Å²) >= 11 is 0.